The maximum absolute atomic E-state index is 11.0. The summed E-state index contributed by atoms with van der Waals surface area (Å²) in [6.45, 7) is 3.04. The van der Waals surface area contributed by atoms with Crippen LogP contribution in [-0.4, -0.2) is 34.9 Å². The Hall–Kier alpha value is -1.75. The number of aromatic carboxylic acids is 1. The fourth-order valence-corrected chi connectivity index (χ4v) is 2.44. The number of nitrogen functional groups attached to an aromatic ring is 1. The Morgan fingerprint density at radius 2 is 2.22 bits per heavy atom. The minimum atomic E-state index is -1.03. The van der Waals surface area contributed by atoms with Crippen molar-refractivity contribution in [1.29, 1.82) is 0 Å². The molecule has 0 radical (unpaired) electrons. The SMILES string of the molecule is CC1(O)CCCN(c2cccc(C(=O)O)c2N)C1. The van der Waals surface area contributed by atoms with Crippen LogP contribution in [0.1, 0.15) is 30.1 Å². The Morgan fingerprint density at radius 1 is 1.50 bits per heavy atom. The zero-order valence-electron chi connectivity index (χ0n) is 10.4. The summed E-state index contributed by atoms with van der Waals surface area (Å²) >= 11 is 0. The van der Waals surface area contributed by atoms with E-state index in [1.807, 2.05) is 4.90 Å². The number of rotatable bonds is 2. The van der Waals surface area contributed by atoms with Crippen LogP contribution in [0.25, 0.3) is 0 Å². The number of anilines is 2. The first kappa shape index (κ1) is 12.7. The van der Waals surface area contributed by atoms with Gasteiger partial charge in [0.05, 0.1) is 22.5 Å². The Morgan fingerprint density at radius 3 is 2.83 bits per heavy atom. The summed E-state index contributed by atoms with van der Waals surface area (Å²) in [5.74, 6) is -1.03. The van der Waals surface area contributed by atoms with Crippen LogP contribution >= 0.6 is 0 Å². The minimum absolute atomic E-state index is 0.109. The second-order valence-electron chi connectivity index (χ2n) is 5.07. The number of piperidine rings is 1. The summed E-state index contributed by atoms with van der Waals surface area (Å²) in [6, 6.07) is 4.96. The Bertz CT molecular complexity index is 471. The fraction of sp³-hybridized carbons (Fsp3) is 0.462. The summed E-state index contributed by atoms with van der Waals surface area (Å²) in [7, 11) is 0. The van der Waals surface area contributed by atoms with Gasteiger partial charge in [0.1, 0.15) is 0 Å². The van der Waals surface area contributed by atoms with Gasteiger partial charge in [-0.1, -0.05) is 6.07 Å². The number of nitrogens with zero attached hydrogens (tertiary/aromatic N) is 1. The van der Waals surface area contributed by atoms with E-state index in [0.29, 0.717) is 12.2 Å². The molecule has 98 valence electrons. The molecule has 1 saturated heterocycles. The number of carbonyl (C=O) groups is 1. The van der Waals surface area contributed by atoms with Gasteiger partial charge in [-0.25, -0.2) is 4.79 Å². The van der Waals surface area contributed by atoms with Crippen LogP contribution in [0.3, 0.4) is 0 Å². The van der Waals surface area contributed by atoms with Crippen LogP contribution in [-0.2, 0) is 0 Å². The monoisotopic (exact) mass is 250 g/mol. The Balaban J connectivity index is 2.34. The van der Waals surface area contributed by atoms with E-state index in [4.69, 9.17) is 10.8 Å². The second-order valence-corrected chi connectivity index (χ2v) is 5.07. The van der Waals surface area contributed by atoms with Gasteiger partial charge in [-0.3, -0.25) is 0 Å². The molecule has 0 saturated carbocycles. The summed E-state index contributed by atoms with van der Waals surface area (Å²) in [6.07, 6.45) is 1.62. The molecule has 1 aromatic carbocycles. The van der Waals surface area contributed by atoms with Crippen molar-refractivity contribution in [3.8, 4) is 0 Å². The lowest BCUT2D eigenvalue weighted by atomic mass is 9.94. The molecule has 0 amide bonds. The number of β-amino-alcohol motifs (C(OH)–C–C–N with tert-alkyl or cyclic N) is 1. The average Bonchev–Trinajstić information content (AvgIpc) is 2.27. The van der Waals surface area contributed by atoms with E-state index in [1.54, 1.807) is 19.1 Å². The summed E-state index contributed by atoms with van der Waals surface area (Å²) in [5, 5.41) is 19.1. The predicted octanol–water partition coefficient (Wildman–Crippen LogP) is 1.32. The molecule has 0 aliphatic carbocycles. The molecule has 1 heterocycles. The number of para-hydroxylation sites is 1. The van der Waals surface area contributed by atoms with Crippen LogP contribution < -0.4 is 10.6 Å². The topological polar surface area (TPSA) is 86.8 Å². The van der Waals surface area contributed by atoms with Crippen molar-refractivity contribution < 1.29 is 15.0 Å². The smallest absolute Gasteiger partial charge is 0.337 e. The van der Waals surface area contributed by atoms with Gasteiger partial charge < -0.3 is 20.8 Å². The maximum Gasteiger partial charge on any atom is 0.337 e. The highest BCUT2D eigenvalue weighted by Gasteiger charge is 2.29. The molecule has 18 heavy (non-hydrogen) atoms. The van der Waals surface area contributed by atoms with Crippen molar-refractivity contribution >= 4 is 17.3 Å². The number of carboxylic acid groups (broad SMARTS) is 1. The standard InChI is InChI=1S/C13H18N2O3/c1-13(18)6-3-7-15(8-13)10-5-2-4-9(11(10)14)12(16)17/h2,4-5,18H,3,6-8,14H2,1H3,(H,16,17). The lowest BCUT2D eigenvalue weighted by Crippen LogP contribution is -2.46. The molecule has 1 atom stereocenters. The molecule has 0 bridgehead atoms. The normalized spacial score (nSPS) is 24.0. The summed E-state index contributed by atoms with van der Waals surface area (Å²) < 4.78 is 0. The lowest BCUT2D eigenvalue weighted by molar-refractivity contribution is 0.0450. The molecule has 1 fully saturated rings. The van der Waals surface area contributed by atoms with Gasteiger partial charge in [-0.05, 0) is 31.9 Å². The quantitative estimate of drug-likeness (QED) is 0.689. The molecule has 0 spiro atoms. The van der Waals surface area contributed by atoms with Crippen molar-refractivity contribution in [2.45, 2.75) is 25.4 Å². The Kier molecular flexibility index (Phi) is 3.17. The van der Waals surface area contributed by atoms with Crippen LogP contribution in [0.4, 0.5) is 11.4 Å². The number of hydrogen-bond donors (Lipinski definition) is 3. The van der Waals surface area contributed by atoms with Crippen molar-refractivity contribution in [2.24, 2.45) is 0 Å². The predicted molar refractivity (Wildman–Crippen MR) is 69.9 cm³/mol. The molecule has 5 nitrogen and oxygen atoms in total. The number of aliphatic hydroxyl groups is 1. The summed E-state index contributed by atoms with van der Waals surface area (Å²) in [4.78, 5) is 13.0. The van der Waals surface area contributed by atoms with E-state index in [2.05, 4.69) is 0 Å². The van der Waals surface area contributed by atoms with Crippen LogP contribution in [0.5, 0.6) is 0 Å². The molecular weight excluding hydrogens is 232 g/mol. The zero-order valence-corrected chi connectivity index (χ0v) is 10.4. The van der Waals surface area contributed by atoms with Gasteiger partial charge >= 0.3 is 5.97 Å². The van der Waals surface area contributed by atoms with Crippen molar-refractivity contribution in [3.63, 3.8) is 0 Å². The molecule has 1 aliphatic heterocycles. The number of hydrogen-bond acceptors (Lipinski definition) is 4. The first-order chi connectivity index (χ1) is 8.41. The molecule has 1 aromatic rings. The Labute approximate surface area is 106 Å². The molecule has 0 aromatic heterocycles. The highest BCUT2D eigenvalue weighted by Crippen LogP contribution is 2.31. The van der Waals surface area contributed by atoms with Gasteiger partial charge in [0.15, 0.2) is 0 Å². The average molecular weight is 250 g/mol. The van der Waals surface area contributed by atoms with Crippen molar-refractivity contribution in [1.82, 2.24) is 0 Å². The lowest BCUT2D eigenvalue weighted by Gasteiger charge is -2.38. The van der Waals surface area contributed by atoms with Crippen molar-refractivity contribution in [2.75, 3.05) is 23.7 Å². The van der Waals surface area contributed by atoms with Crippen molar-refractivity contribution in [3.05, 3.63) is 23.8 Å². The van der Waals surface area contributed by atoms with Gasteiger partial charge in [0.25, 0.3) is 0 Å². The first-order valence-electron chi connectivity index (χ1n) is 6.00. The zero-order chi connectivity index (χ0) is 13.3. The van der Waals surface area contributed by atoms with Crippen LogP contribution in [0.15, 0.2) is 18.2 Å². The van der Waals surface area contributed by atoms with E-state index < -0.39 is 11.6 Å². The minimum Gasteiger partial charge on any atom is -0.478 e. The third-order valence-electron chi connectivity index (χ3n) is 3.33. The second kappa shape index (κ2) is 4.49. The molecule has 4 N–H and O–H groups in total. The molecule has 5 heteroatoms. The highest BCUT2D eigenvalue weighted by atomic mass is 16.4. The maximum atomic E-state index is 11.0. The first-order valence-corrected chi connectivity index (χ1v) is 6.00. The number of benzene rings is 1. The van der Waals surface area contributed by atoms with Gasteiger partial charge in [-0.15, -0.1) is 0 Å². The molecular formula is C13H18N2O3. The van der Waals surface area contributed by atoms with E-state index in [-0.39, 0.29) is 11.3 Å². The molecule has 2 rings (SSSR count). The molecule has 1 unspecified atom stereocenters. The van der Waals surface area contributed by atoms with Crippen LogP contribution in [0.2, 0.25) is 0 Å². The third kappa shape index (κ3) is 2.41. The van der Waals surface area contributed by atoms with Gasteiger partial charge in [0.2, 0.25) is 0 Å². The largest absolute Gasteiger partial charge is 0.478 e. The summed E-state index contributed by atoms with van der Waals surface area (Å²) in [5.41, 5.74) is 6.22. The van der Waals surface area contributed by atoms with E-state index in [0.717, 1.165) is 19.4 Å². The highest BCUT2D eigenvalue weighted by molar-refractivity contribution is 5.97. The fourth-order valence-electron chi connectivity index (χ4n) is 2.44. The van der Waals surface area contributed by atoms with Gasteiger partial charge in [-0.2, -0.15) is 0 Å². The van der Waals surface area contributed by atoms with Gasteiger partial charge in [0, 0.05) is 13.1 Å². The molecule has 1 aliphatic rings. The van der Waals surface area contributed by atoms with E-state index in [1.165, 1.54) is 6.07 Å². The van der Waals surface area contributed by atoms with E-state index in [9.17, 15) is 9.90 Å². The van der Waals surface area contributed by atoms with Crippen LogP contribution in [0, 0.1) is 0 Å². The third-order valence-corrected chi connectivity index (χ3v) is 3.33. The number of nitrogens with two attached hydrogens (primary N) is 1. The number of carboxylic acids is 1. The van der Waals surface area contributed by atoms with E-state index >= 15 is 0 Å².